The molecule has 0 saturated carbocycles. The zero-order chi connectivity index (χ0) is 17.8. The lowest BCUT2D eigenvalue weighted by Crippen LogP contribution is -2.51. The Balaban J connectivity index is 1.22. The minimum atomic E-state index is 0.0632. The van der Waals surface area contributed by atoms with Crippen LogP contribution >= 0.6 is 0 Å². The molecule has 26 heavy (non-hydrogen) atoms. The molecule has 1 N–H and O–H groups in total. The van der Waals surface area contributed by atoms with Gasteiger partial charge in [0.15, 0.2) is 0 Å². The summed E-state index contributed by atoms with van der Waals surface area (Å²) < 4.78 is 11.4. The first-order valence-electron chi connectivity index (χ1n) is 9.85. The van der Waals surface area contributed by atoms with E-state index in [1.165, 1.54) is 12.8 Å². The molecule has 6 nitrogen and oxygen atoms in total. The second kappa shape index (κ2) is 8.37. The molecule has 0 radical (unpaired) electrons. The largest absolute Gasteiger partial charge is 0.493 e. The number of rotatable bonds is 5. The third-order valence-corrected chi connectivity index (χ3v) is 5.61. The zero-order valence-corrected chi connectivity index (χ0v) is 15.4. The van der Waals surface area contributed by atoms with E-state index in [9.17, 15) is 4.79 Å². The number of carbonyl (C=O) groups is 1. The lowest BCUT2D eigenvalue weighted by atomic mass is 10.0. The molecule has 1 aromatic carbocycles. The van der Waals surface area contributed by atoms with E-state index in [-0.39, 0.29) is 11.9 Å². The standard InChI is InChI=1S/C20H29N3O3/c24-20(21-18-7-13-26-19-6-2-1-5-17(18)19)15-23-10-8-22(9-11-23)14-16-4-3-12-25-16/h1-2,5-6,16,18H,3-4,7-15H2,(H,21,24). The number of carbonyl (C=O) groups excluding carboxylic acids is 1. The average Bonchev–Trinajstić information content (AvgIpc) is 3.17. The minimum absolute atomic E-state index is 0.0632. The number of ether oxygens (including phenoxy) is 2. The lowest BCUT2D eigenvalue weighted by molar-refractivity contribution is -0.123. The van der Waals surface area contributed by atoms with Gasteiger partial charge < -0.3 is 14.8 Å². The Labute approximate surface area is 155 Å². The SMILES string of the molecule is O=C(CN1CCN(CC2CCCO2)CC1)NC1CCOc2ccccc21. The van der Waals surface area contributed by atoms with Gasteiger partial charge in [-0.1, -0.05) is 18.2 Å². The van der Waals surface area contributed by atoms with Crippen molar-refractivity contribution >= 4 is 5.91 Å². The fraction of sp³-hybridized carbons (Fsp3) is 0.650. The molecule has 0 aromatic heterocycles. The number of piperazine rings is 1. The Bertz CT molecular complexity index is 610. The smallest absolute Gasteiger partial charge is 0.234 e. The van der Waals surface area contributed by atoms with Gasteiger partial charge in [-0.05, 0) is 18.9 Å². The summed E-state index contributed by atoms with van der Waals surface area (Å²) in [4.78, 5) is 17.3. The van der Waals surface area contributed by atoms with Crippen molar-refractivity contribution in [3.05, 3.63) is 29.8 Å². The maximum atomic E-state index is 12.5. The highest BCUT2D eigenvalue weighted by Gasteiger charge is 2.26. The first-order valence-corrected chi connectivity index (χ1v) is 9.85. The van der Waals surface area contributed by atoms with Gasteiger partial charge >= 0.3 is 0 Å². The average molecular weight is 359 g/mol. The predicted molar refractivity (Wildman–Crippen MR) is 99.3 cm³/mol. The fourth-order valence-corrected chi connectivity index (χ4v) is 4.14. The molecule has 0 aliphatic carbocycles. The molecule has 2 saturated heterocycles. The maximum Gasteiger partial charge on any atom is 0.234 e. The van der Waals surface area contributed by atoms with Crippen LogP contribution in [0.3, 0.4) is 0 Å². The summed E-state index contributed by atoms with van der Waals surface area (Å²) in [5, 5.41) is 3.20. The second-order valence-corrected chi connectivity index (χ2v) is 7.51. The highest BCUT2D eigenvalue weighted by molar-refractivity contribution is 5.78. The summed E-state index contributed by atoms with van der Waals surface area (Å²) >= 11 is 0. The number of nitrogens with one attached hydrogen (secondary N) is 1. The number of benzene rings is 1. The summed E-state index contributed by atoms with van der Waals surface area (Å²) in [6.45, 7) is 7.03. The summed E-state index contributed by atoms with van der Waals surface area (Å²) in [5.74, 6) is 1.01. The van der Waals surface area contributed by atoms with Crippen molar-refractivity contribution in [3.8, 4) is 5.75 Å². The second-order valence-electron chi connectivity index (χ2n) is 7.51. The summed E-state index contributed by atoms with van der Waals surface area (Å²) in [6.07, 6.45) is 3.63. The number of hydrogen-bond acceptors (Lipinski definition) is 5. The lowest BCUT2D eigenvalue weighted by Gasteiger charge is -2.35. The summed E-state index contributed by atoms with van der Waals surface area (Å²) in [7, 11) is 0. The summed E-state index contributed by atoms with van der Waals surface area (Å²) in [6, 6.07) is 8.05. The normalized spacial score (nSPS) is 26.9. The molecule has 3 aliphatic heterocycles. The van der Waals surface area contributed by atoms with Crippen LogP contribution in [0.15, 0.2) is 24.3 Å². The van der Waals surface area contributed by atoms with Crippen LogP contribution in [-0.4, -0.2) is 74.3 Å². The Kier molecular flexibility index (Phi) is 5.72. The van der Waals surface area contributed by atoms with Gasteiger partial charge in [0.25, 0.3) is 0 Å². The van der Waals surface area contributed by atoms with E-state index in [1.54, 1.807) is 0 Å². The molecular formula is C20H29N3O3. The van der Waals surface area contributed by atoms with Crippen LogP contribution in [0.4, 0.5) is 0 Å². The van der Waals surface area contributed by atoms with Gasteiger partial charge in [-0.2, -0.15) is 0 Å². The highest BCUT2D eigenvalue weighted by atomic mass is 16.5. The van der Waals surface area contributed by atoms with Crippen LogP contribution in [0.2, 0.25) is 0 Å². The number of fused-ring (bicyclic) bond motifs is 1. The number of amides is 1. The molecule has 142 valence electrons. The molecule has 1 amide bonds. The maximum absolute atomic E-state index is 12.5. The van der Waals surface area contributed by atoms with Gasteiger partial charge in [0.1, 0.15) is 5.75 Å². The molecular weight excluding hydrogens is 330 g/mol. The molecule has 2 atom stereocenters. The third-order valence-electron chi connectivity index (χ3n) is 5.61. The van der Waals surface area contributed by atoms with Crippen molar-refractivity contribution in [3.63, 3.8) is 0 Å². The van der Waals surface area contributed by atoms with Crippen molar-refractivity contribution < 1.29 is 14.3 Å². The molecule has 3 heterocycles. The van der Waals surface area contributed by atoms with Crippen LogP contribution in [0, 0.1) is 0 Å². The quantitative estimate of drug-likeness (QED) is 0.862. The molecule has 1 aromatic rings. The van der Waals surface area contributed by atoms with Gasteiger partial charge in [-0.25, -0.2) is 0 Å². The summed E-state index contributed by atoms with van der Waals surface area (Å²) in [5.41, 5.74) is 1.09. The van der Waals surface area contributed by atoms with E-state index >= 15 is 0 Å². The van der Waals surface area contributed by atoms with Crippen molar-refractivity contribution in [2.24, 2.45) is 0 Å². The van der Waals surface area contributed by atoms with Crippen molar-refractivity contribution in [1.82, 2.24) is 15.1 Å². The Morgan fingerprint density at radius 2 is 1.88 bits per heavy atom. The van der Waals surface area contributed by atoms with Gasteiger partial charge in [0.2, 0.25) is 5.91 Å². The third kappa shape index (κ3) is 4.37. The Hall–Kier alpha value is -1.63. The molecule has 3 aliphatic rings. The first-order chi connectivity index (χ1) is 12.8. The molecule has 6 heteroatoms. The van der Waals surface area contributed by atoms with Gasteiger partial charge in [-0.15, -0.1) is 0 Å². The molecule has 0 bridgehead atoms. The molecule has 4 rings (SSSR count). The Morgan fingerprint density at radius 1 is 1.08 bits per heavy atom. The number of para-hydroxylation sites is 1. The van der Waals surface area contributed by atoms with Crippen LogP contribution in [-0.2, 0) is 9.53 Å². The van der Waals surface area contributed by atoms with Crippen LogP contribution < -0.4 is 10.1 Å². The molecule has 0 spiro atoms. The van der Waals surface area contributed by atoms with E-state index in [2.05, 4.69) is 15.1 Å². The predicted octanol–water partition coefficient (Wildman–Crippen LogP) is 1.42. The Morgan fingerprint density at radius 3 is 2.69 bits per heavy atom. The van der Waals surface area contributed by atoms with E-state index in [0.717, 1.165) is 57.1 Å². The van der Waals surface area contributed by atoms with Crippen molar-refractivity contribution in [2.45, 2.75) is 31.4 Å². The van der Waals surface area contributed by atoms with Crippen LogP contribution in [0.5, 0.6) is 5.75 Å². The van der Waals surface area contributed by atoms with E-state index in [4.69, 9.17) is 9.47 Å². The number of nitrogens with zero attached hydrogens (tertiary/aromatic N) is 2. The van der Waals surface area contributed by atoms with E-state index in [1.807, 2.05) is 24.3 Å². The fourth-order valence-electron chi connectivity index (χ4n) is 4.14. The first kappa shape index (κ1) is 17.8. The van der Waals surface area contributed by atoms with Gasteiger partial charge in [-0.3, -0.25) is 14.6 Å². The van der Waals surface area contributed by atoms with Crippen molar-refractivity contribution in [1.29, 1.82) is 0 Å². The van der Waals surface area contributed by atoms with Crippen LogP contribution in [0.1, 0.15) is 30.9 Å². The van der Waals surface area contributed by atoms with Gasteiger partial charge in [0, 0.05) is 51.3 Å². The highest BCUT2D eigenvalue weighted by Crippen LogP contribution is 2.31. The molecule has 2 unspecified atom stereocenters. The number of hydrogen-bond donors (Lipinski definition) is 1. The topological polar surface area (TPSA) is 54.0 Å². The monoisotopic (exact) mass is 359 g/mol. The van der Waals surface area contributed by atoms with E-state index in [0.29, 0.717) is 19.3 Å². The minimum Gasteiger partial charge on any atom is -0.493 e. The molecule has 2 fully saturated rings. The van der Waals surface area contributed by atoms with Gasteiger partial charge in [0.05, 0.1) is 25.3 Å². The van der Waals surface area contributed by atoms with Crippen LogP contribution in [0.25, 0.3) is 0 Å². The van der Waals surface area contributed by atoms with Crippen molar-refractivity contribution in [2.75, 3.05) is 52.5 Å². The van der Waals surface area contributed by atoms with E-state index < -0.39 is 0 Å². The zero-order valence-electron chi connectivity index (χ0n) is 15.4.